The highest BCUT2D eigenvalue weighted by molar-refractivity contribution is 7.92. The second-order valence-electron chi connectivity index (χ2n) is 6.53. The normalized spacial score (nSPS) is 13.4. The van der Waals surface area contributed by atoms with Gasteiger partial charge in [-0.2, -0.15) is 0 Å². The minimum Gasteiger partial charge on any atom is -0.468 e. The van der Waals surface area contributed by atoms with Crippen LogP contribution >= 0.6 is 0 Å². The van der Waals surface area contributed by atoms with Crippen LogP contribution in [0.1, 0.15) is 22.1 Å². The Labute approximate surface area is 165 Å². The number of sulfone groups is 1. The number of aryl methyl sites for hydroxylation is 2. The molecule has 8 heteroatoms. The predicted molar refractivity (Wildman–Crippen MR) is 106 cm³/mol. The van der Waals surface area contributed by atoms with Crippen LogP contribution < -0.4 is 4.72 Å². The summed E-state index contributed by atoms with van der Waals surface area (Å²) in [5.74, 6) is 0.173. The molecule has 28 heavy (non-hydrogen) atoms. The van der Waals surface area contributed by atoms with Crippen LogP contribution in [-0.4, -0.2) is 23.4 Å². The third-order valence-electron chi connectivity index (χ3n) is 4.37. The molecule has 0 aliphatic carbocycles. The van der Waals surface area contributed by atoms with Gasteiger partial charge in [-0.15, -0.1) is 0 Å². The molecule has 0 aliphatic heterocycles. The molecule has 0 fully saturated rings. The fourth-order valence-corrected chi connectivity index (χ4v) is 5.46. The summed E-state index contributed by atoms with van der Waals surface area (Å²) in [6.07, 6.45) is 1.36. The van der Waals surface area contributed by atoms with Crippen molar-refractivity contribution in [2.24, 2.45) is 0 Å². The first-order chi connectivity index (χ1) is 13.2. The number of hydrogen-bond donors (Lipinski definition) is 1. The van der Waals surface area contributed by atoms with Crippen molar-refractivity contribution >= 4 is 19.9 Å². The SMILES string of the molecule is Cc1ccc(S(=O)(=O)NC[C@@H](c2ccco2)S(=O)(=O)c2ccc(C)cc2)cc1. The van der Waals surface area contributed by atoms with E-state index in [1.54, 1.807) is 30.3 Å². The van der Waals surface area contributed by atoms with E-state index in [1.807, 2.05) is 13.8 Å². The molecular formula is C20H21NO5S2. The van der Waals surface area contributed by atoms with Crippen LogP contribution in [0.4, 0.5) is 0 Å². The van der Waals surface area contributed by atoms with E-state index in [9.17, 15) is 16.8 Å². The largest absolute Gasteiger partial charge is 0.468 e. The van der Waals surface area contributed by atoms with Crippen LogP contribution in [0.2, 0.25) is 0 Å². The van der Waals surface area contributed by atoms with Gasteiger partial charge in [-0.3, -0.25) is 0 Å². The van der Waals surface area contributed by atoms with Crippen LogP contribution in [-0.2, 0) is 19.9 Å². The van der Waals surface area contributed by atoms with Crippen molar-refractivity contribution in [3.8, 4) is 0 Å². The Balaban J connectivity index is 1.91. The average Bonchev–Trinajstić information content (AvgIpc) is 3.16. The number of sulfonamides is 1. The number of rotatable bonds is 7. The van der Waals surface area contributed by atoms with Gasteiger partial charge >= 0.3 is 0 Å². The lowest BCUT2D eigenvalue weighted by Gasteiger charge is -2.17. The summed E-state index contributed by atoms with van der Waals surface area (Å²) in [5, 5.41) is -1.19. The number of hydrogen-bond acceptors (Lipinski definition) is 5. The third kappa shape index (κ3) is 4.35. The first-order valence-corrected chi connectivity index (χ1v) is 11.6. The van der Waals surface area contributed by atoms with Gasteiger partial charge in [0.15, 0.2) is 9.84 Å². The number of nitrogens with one attached hydrogen (secondary N) is 1. The second kappa shape index (κ2) is 7.90. The summed E-state index contributed by atoms with van der Waals surface area (Å²) in [6.45, 7) is 3.36. The van der Waals surface area contributed by atoms with E-state index in [0.717, 1.165) is 11.1 Å². The average molecular weight is 420 g/mol. The molecule has 0 aliphatic rings. The van der Waals surface area contributed by atoms with Crippen molar-refractivity contribution < 1.29 is 21.3 Å². The van der Waals surface area contributed by atoms with E-state index in [-0.39, 0.29) is 22.1 Å². The molecule has 1 N–H and O–H groups in total. The molecule has 0 radical (unpaired) electrons. The van der Waals surface area contributed by atoms with E-state index in [1.165, 1.54) is 36.6 Å². The maximum Gasteiger partial charge on any atom is 0.240 e. The molecule has 0 saturated carbocycles. The first kappa shape index (κ1) is 20.3. The third-order valence-corrected chi connectivity index (χ3v) is 7.89. The molecular weight excluding hydrogens is 398 g/mol. The zero-order valence-corrected chi connectivity index (χ0v) is 17.1. The summed E-state index contributed by atoms with van der Waals surface area (Å²) in [7, 11) is -7.74. The standard InChI is InChI=1S/C20H21NO5S2/c1-15-5-9-17(10-6-15)27(22,23)20(19-4-3-13-26-19)14-21-28(24,25)18-11-7-16(2)8-12-18/h3-13,20-21H,14H2,1-2H3/t20-/m0/s1. The van der Waals surface area contributed by atoms with E-state index in [0.29, 0.717) is 0 Å². The van der Waals surface area contributed by atoms with Crippen molar-refractivity contribution in [2.75, 3.05) is 6.54 Å². The van der Waals surface area contributed by atoms with Gasteiger partial charge in [0.05, 0.1) is 16.1 Å². The topological polar surface area (TPSA) is 93.4 Å². The number of benzene rings is 2. The summed E-state index contributed by atoms with van der Waals surface area (Å²) >= 11 is 0. The fourth-order valence-electron chi connectivity index (χ4n) is 2.72. The molecule has 3 aromatic rings. The highest BCUT2D eigenvalue weighted by atomic mass is 32.2. The first-order valence-electron chi connectivity index (χ1n) is 8.60. The summed E-state index contributed by atoms with van der Waals surface area (Å²) < 4.78 is 59.2. The Bertz CT molecular complexity index is 1130. The van der Waals surface area contributed by atoms with Crippen LogP contribution in [0.3, 0.4) is 0 Å². The van der Waals surface area contributed by atoms with Crippen molar-refractivity contribution in [3.63, 3.8) is 0 Å². The zero-order valence-electron chi connectivity index (χ0n) is 15.5. The molecule has 0 saturated heterocycles. The lowest BCUT2D eigenvalue weighted by molar-refractivity contribution is 0.486. The molecule has 1 aromatic heterocycles. The molecule has 0 unspecified atom stereocenters. The summed E-state index contributed by atoms with van der Waals surface area (Å²) in [6, 6.07) is 15.8. The van der Waals surface area contributed by atoms with Gasteiger partial charge in [0.2, 0.25) is 10.0 Å². The quantitative estimate of drug-likeness (QED) is 0.634. The smallest absolute Gasteiger partial charge is 0.240 e. The maximum atomic E-state index is 13.1. The van der Waals surface area contributed by atoms with E-state index >= 15 is 0 Å². The number of furan rings is 1. The van der Waals surface area contributed by atoms with Gasteiger partial charge in [0.25, 0.3) is 0 Å². The Morgan fingerprint density at radius 3 is 1.86 bits per heavy atom. The van der Waals surface area contributed by atoms with E-state index in [2.05, 4.69) is 4.72 Å². The van der Waals surface area contributed by atoms with Gasteiger partial charge in [-0.25, -0.2) is 21.6 Å². The summed E-state index contributed by atoms with van der Waals surface area (Å²) in [5.41, 5.74) is 1.85. The Morgan fingerprint density at radius 2 is 1.36 bits per heavy atom. The predicted octanol–water partition coefficient (Wildman–Crippen LogP) is 3.39. The lowest BCUT2D eigenvalue weighted by atomic mass is 10.2. The van der Waals surface area contributed by atoms with Crippen LogP contribution in [0, 0.1) is 13.8 Å². The van der Waals surface area contributed by atoms with E-state index in [4.69, 9.17) is 4.42 Å². The molecule has 2 aromatic carbocycles. The minimum absolute atomic E-state index is 0.0732. The van der Waals surface area contributed by atoms with Gasteiger partial charge in [0, 0.05) is 6.54 Å². The second-order valence-corrected chi connectivity index (χ2v) is 10.4. The molecule has 1 heterocycles. The molecule has 1 atom stereocenters. The van der Waals surface area contributed by atoms with Crippen molar-refractivity contribution in [1.82, 2.24) is 4.72 Å². The Hall–Kier alpha value is -2.42. The molecule has 0 spiro atoms. The van der Waals surface area contributed by atoms with Crippen molar-refractivity contribution in [1.29, 1.82) is 0 Å². The van der Waals surface area contributed by atoms with Crippen LogP contribution in [0.15, 0.2) is 81.1 Å². The lowest BCUT2D eigenvalue weighted by Crippen LogP contribution is -2.31. The highest BCUT2D eigenvalue weighted by Gasteiger charge is 2.32. The van der Waals surface area contributed by atoms with Gasteiger partial charge < -0.3 is 4.42 Å². The molecule has 3 rings (SSSR count). The summed E-state index contributed by atoms with van der Waals surface area (Å²) in [4.78, 5) is 0.179. The van der Waals surface area contributed by atoms with Gasteiger partial charge in [-0.1, -0.05) is 35.4 Å². The molecule has 148 valence electrons. The van der Waals surface area contributed by atoms with E-state index < -0.39 is 25.1 Å². The molecule has 0 bridgehead atoms. The maximum absolute atomic E-state index is 13.1. The zero-order chi connectivity index (χ0) is 20.4. The molecule has 0 amide bonds. The molecule has 6 nitrogen and oxygen atoms in total. The fraction of sp³-hybridized carbons (Fsp3) is 0.200. The van der Waals surface area contributed by atoms with Crippen LogP contribution in [0.25, 0.3) is 0 Å². The Morgan fingerprint density at radius 1 is 0.821 bits per heavy atom. The monoisotopic (exact) mass is 419 g/mol. The van der Waals surface area contributed by atoms with Gasteiger partial charge in [0.1, 0.15) is 11.0 Å². The van der Waals surface area contributed by atoms with Gasteiger partial charge in [-0.05, 0) is 50.2 Å². The van der Waals surface area contributed by atoms with Crippen molar-refractivity contribution in [3.05, 3.63) is 83.8 Å². The van der Waals surface area contributed by atoms with Crippen LogP contribution in [0.5, 0.6) is 0 Å². The Kier molecular flexibility index (Phi) is 5.74. The minimum atomic E-state index is -3.87. The van der Waals surface area contributed by atoms with Crippen molar-refractivity contribution in [2.45, 2.75) is 28.9 Å². The highest BCUT2D eigenvalue weighted by Crippen LogP contribution is 2.29.